The standard InChI is InChI=1S/C30H52O26/c31-1-6-11(36)12(37)18(43)27(49-6)54-23-8(3-33)51-29(20(45)14(23)39)56-25-10(5-35)52-30(21(46)16(25)41)55-24-9(4-34)50-28(19(44)15(24)40)53-22-7(2-32)48-26(47)17(42)13(22)38/h6-47H,1-5H2/t6-,7-,8-,9-,10-,11-,12+,13-,14-,15-,16-,17-,18-,19-,20-,21-,22-,23-,24?,25-,26-,27-,28+,29-,30-/m1/s1. The third-order valence-electron chi connectivity index (χ3n) is 10.3. The van der Waals surface area contributed by atoms with Gasteiger partial charge in [0.1, 0.15) is 122 Å². The SMILES string of the molecule is OC[C@H]1O[C@@H](O[C@H]2[C@H](O)[C@@H](O)[C@H](O)O[C@@H]2CO)[C@H](O)[C@@H](O)C1O[C@H]1O[C@H](CO)[C@@H](O[C@H]2O[C@H](CO)[C@@H](O[C@H]3O[C@H](CO)[C@@H](O)[C@H](O)[C@H]3O)[C@H](O)[C@H]2O)[C@H](O)[C@H]1O. The summed E-state index contributed by atoms with van der Waals surface area (Å²) in [6, 6.07) is 0. The van der Waals surface area contributed by atoms with Crippen molar-refractivity contribution in [3.63, 3.8) is 0 Å². The fourth-order valence-corrected chi connectivity index (χ4v) is 7.03. The molecule has 0 amide bonds. The molecule has 26 heteroatoms. The summed E-state index contributed by atoms with van der Waals surface area (Å²) >= 11 is 0. The summed E-state index contributed by atoms with van der Waals surface area (Å²) in [4.78, 5) is 0. The quantitative estimate of drug-likeness (QED) is 0.0819. The molecule has 0 aromatic carbocycles. The molecule has 0 aromatic rings. The lowest BCUT2D eigenvalue weighted by atomic mass is 9.95. The Morgan fingerprint density at radius 1 is 0.268 bits per heavy atom. The normalized spacial score (nSPS) is 53.2. The Kier molecular flexibility index (Phi) is 16.1. The van der Waals surface area contributed by atoms with Crippen molar-refractivity contribution in [3.05, 3.63) is 0 Å². The zero-order valence-corrected chi connectivity index (χ0v) is 29.2. The van der Waals surface area contributed by atoms with Crippen LogP contribution in [-0.4, -0.2) is 273 Å². The van der Waals surface area contributed by atoms with Crippen molar-refractivity contribution in [1.29, 1.82) is 0 Å². The van der Waals surface area contributed by atoms with Gasteiger partial charge in [-0.1, -0.05) is 0 Å². The summed E-state index contributed by atoms with van der Waals surface area (Å²) in [6.07, 6.45) is -45.8. The van der Waals surface area contributed by atoms with E-state index < -0.39 is 187 Å². The smallest absolute Gasteiger partial charge is 0.187 e. The topological polar surface area (TPSA) is 427 Å². The average molecular weight is 829 g/mol. The summed E-state index contributed by atoms with van der Waals surface area (Å²) < 4.78 is 49.1. The van der Waals surface area contributed by atoms with E-state index in [1.807, 2.05) is 0 Å². The van der Waals surface area contributed by atoms with E-state index in [2.05, 4.69) is 0 Å². The molecule has 0 spiro atoms. The van der Waals surface area contributed by atoms with Gasteiger partial charge in [-0.25, -0.2) is 0 Å². The minimum absolute atomic E-state index is 0.811. The Balaban J connectivity index is 1.22. The van der Waals surface area contributed by atoms with Crippen LogP contribution in [0, 0.1) is 0 Å². The zero-order valence-electron chi connectivity index (χ0n) is 29.2. The predicted molar refractivity (Wildman–Crippen MR) is 167 cm³/mol. The molecule has 56 heavy (non-hydrogen) atoms. The van der Waals surface area contributed by atoms with E-state index in [1.54, 1.807) is 0 Å². The molecule has 17 N–H and O–H groups in total. The van der Waals surface area contributed by atoms with Gasteiger partial charge in [0.25, 0.3) is 0 Å². The first kappa shape index (κ1) is 46.0. The number of hydrogen-bond acceptors (Lipinski definition) is 26. The van der Waals surface area contributed by atoms with E-state index in [1.165, 1.54) is 0 Å². The van der Waals surface area contributed by atoms with E-state index in [9.17, 15) is 86.8 Å². The third-order valence-corrected chi connectivity index (χ3v) is 10.3. The van der Waals surface area contributed by atoms with Crippen LogP contribution in [0.3, 0.4) is 0 Å². The minimum Gasteiger partial charge on any atom is -0.394 e. The lowest BCUT2D eigenvalue weighted by Gasteiger charge is -2.49. The van der Waals surface area contributed by atoms with Gasteiger partial charge < -0.3 is 129 Å². The second kappa shape index (κ2) is 19.6. The van der Waals surface area contributed by atoms with E-state index in [-0.39, 0.29) is 0 Å². The van der Waals surface area contributed by atoms with Crippen LogP contribution < -0.4 is 0 Å². The van der Waals surface area contributed by atoms with Gasteiger partial charge in [0, 0.05) is 0 Å². The highest BCUT2D eigenvalue weighted by Gasteiger charge is 2.56. The lowest BCUT2D eigenvalue weighted by Crippen LogP contribution is -2.68. The Bertz CT molecular complexity index is 1200. The predicted octanol–water partition coefficient (Wildman–Crippen LogP) is -11.9. The van der Waals surface area contributed by atoms with Crippen molar-refractivity contribution in [3.8, 4) is 0 Å². The molecule has 0 radical (unpaired) electrons. The Morgan fingerprint density at radius 3 is 0.821 bits per heavy atom. The maximum atomic E-state index is 11.1. The molecule has 5 aliphatic rings. The van der Waals surface area contributed by atoms with Gasteiger partial charge in [-0.3, -0.25) is 0 Å². The van der Waals surface area contributed by atoms with Crippen molar-refractivity contribution in [2.75, 3.05) is 33.0 Å². The second-order valence-electron chi connectivity index (χ2n) is 13.9. The molecular formula is C30H52O26. The molecule has 328 valence electrons. The van der Waals surface area contributed by atoms with Crippen LogP contribution in [0.4, 0.5) is 0 Å². The summed E-state index contributed by atoms with van der Waals surface area (Å²) in [5, 5.41) is 176. The van der Waals surface area contributed by atoms with Crippen LogP contribution >= 0.6 is 0 Å². The number of rotatable bonds is 13. The molecule has 5 heterocycles. The summed E-state index contributed by atoms with van der Waals surface area (Å²) in [7, 11) is 0. The summed E-state index contributed by atoms with van der Waals surface area (Å²) in [5.74, 6) is 0. The number of aliphatic hydroxyl groups is 17. The number of hydrogen-bond donors (Lipinski definition) is 17. The molecule has 0 aliphatic carbocycles. The molecule has 0 aromatic heterocycles. The van der Waals surface area contributed by atoms with Crippen LogP contribution in [0.1, 0.15) is 0 Å². The first-order valence-corrected chi connectivity index (χ1v) is 17.6. The maximum Gasteiger partial charge on any atom is 0.187 e. The van der Waals surface area contributed by atoms with Gasteiger partial charge >= 0.3 is 0 Å². The van der Waals surface area contributed by atoms with Gasteiger partial charge in [0.2, 0.25) is 0 Å². The van der Waals surface area contributed by atoms with Gasteiger partial charge in [0.15, 0.2) is 31.5 Å². The first-order chi connectivity index (χ1) is 26.5. The van der Waals surface area contributed by atoms with Gasteiger partial charge in [-0.15, -0.1) is 0 Å². The molecule has 0 bridgehead atoms. The molecule has 26 nitrogen and oxygen atoms in total. The molecule has 5 saturated heterocycles. The van der Waals surface area contributed by atoms with Crippen LogP contribution in [0.2, 0.25) is 0 Å². The molecule has 0 saturated carbocycles. The van der Waals surface area contributed by atoms with Gasteiger partial charge in [-0.2, -0.15) is 0 Å². The number of aliphatic hydroxyl groups excluding tert-OH is 17. The molecule has 5 rings (SSSR count). The Labute approximate surface area is 316 Å². The van der Waals surface area contributed by atoms with E-state index in [0.717, 1.165) is 0 Å². The highest BCUT2D eigenvalue weighted by molar-refractivity contribution is 4.99. The van der Waals surface area contributed by atoms with Crippen molar-refractivity contribution in [2.45, 2.75) is 154 Å². The van der Waals surface area contributed by atoms with E-state index in [0.29, 0.717) is 0 Å². The molecule has 5 fully saturated rings. The second-order valence-corrected chi connectivity index (χ2v) is 13.9. The molecular weight excluding hydrogens is 776 g/mol. The van der Waals surface area contributed by atoms with Gasteiger partial charge in [0.05, 0.1) is 33.0 Å². The first-order valence-electron chi connectivity index (χ1n) is 17.6. The summed E-state index contributed by atoms with van der Waals surface area (Å²) in [6.45, 7) is -4.51. The van der Waals surface area contributed by atoms with Crippen LogP contribution in [-0.2, 0) is 42.6 Å². The van der Waals surface area contributed by atoms with Gasteiger partial charge in [-0.05, 0) is 0 Å². The average Bonchev–Trinajstić information content (AvgIpc) is 3.19. The highest BCUT2D eigenvalue weighted by Crippen LogP contribution is 2.35. The minimum atomic E-state index is -2.12. The zero-order chi connectivity index (χ0) is 41.3. The lowest BCUT2D eigenvalue weighted by molar-refractivity contribution is -0.392. The fourth-order valence-electron chi connectivity index (χ4n) is 7.03. The van der Waals surface area contributed by atoms with Crippen LogP contribution in [0.15, 0.2) is 0 Å². The van der Waals surface area contributed by atoms with E-state index >= 15 is 0 Å². The Morgan fingerprint density at radius 2 is 0.518 bits per heavy atom. The molecule has 5 aliphatic heterocycles. The summed E-state index contributed by atoms with van der Waals surface area (Å²) in [5.41, 5.74) is 0. The van der Waals surface area contributed by atoms with Crippen molar-refractivity contribution in [2.24, 2.45) is 0 Å². The van der Waals surface area contributed by atoms with Crippen molar-refractivity contribution < 1.29 is 129 Å². The fraction of sp³-hybridized carbons (Fsp3) is 1.00. The largest absolute Gasteiger partial charge is 0.394 e. The highest BCUT2D eigenvalue weighted by atomic mass is 16.8. The van der Waals surface area contributed by atoms with Crippen LogP contribution in [0.5, 0.6) is 0 Å². The monoisotopic (exact) mass is 828 g/mol. The molecule has 25 atom stereocenters. The van der Waals surface area contributed by atoms with E-state index in [4.69, 9.17) is 42.6 Å². The van der Waals surface area contributed by atoms with Crippen molar-refractivity contribution >= 4 is 0 Å². The third kappa shape index (κ3) is 9.16. The Hall–Kier alpha value is -1.04. The molecule has 1 unspecified atom stereocenters. The number of ether oxygens (including phenoxy) is 9. The maximum absolute atomic E-state index is 11.1. The van der Waals surface area contributed by atoms with Crippen LogP contribution in [0.25, 0.3) is 0 Å². The van der Waals surface area contributed by atoms with Crippen molar-refractivity contribution in [1.82, 2.24) is 0 Å².